The molecule has 1 aromatic heterocycles. The van der Waals surface area contributed by atoms with Crippen LogP contribution in [0.4, 0.5) is 5.82 Å². The molecule has 0 aromatic carbocycles. The fourth-order valence-corrected chi connectivity index (χ4v) is 4.19. The van der Waals surface area contributed by atoms with Crippen molar-refractivity contribution < 1.29 is 18.0 Å². The largest absolute Gasteiger partial charge is 0.383 e. The van der Waals surface area contributed by atoms with Crippen LogP contribution in [0.2, 0.25) is 0 Å². The number of amides is 2. The Morgan fingerprint density at radius 3 is 2.67 bits per heavy atom. The van der Waals surface area contributed by atoms with Crippen molar-refractivity contribution in [3.8, 4) is 0 Å². The summed E-state index contributed by atoms with van der Waals surface area (Å²) in [7, 11) is -4.15. The standard InChI is InChI=1S/C11H13BrN4O4S/c1-11(2)10(18)15-8(17)5-16(11)21(19,20)7-3-6(12)4-14-9(7)13/h3-4H,5H2,1-2H3,(H2,13,14)(H,15,17,18). The second-order valence-electron chi connectivity index (χ2n) is 4.98. The van der Waals surface area contributed by atoms with Gasteiger partial charge >= 0.3 is 0 Å². The number of imide groups is 1. The SMILES string of the molecule is CC1(C)C(=O)NC(=O)CN1S(=O)(=O)c1cc(Br)cnc1N. The molecule has 0 saturated carbocycles. The highest BCUT2D eigenvalue weighted by Gasteiger charge is 2.48. The highest BCUT2D eigenvalue weighted by molar-refractivity contribution is 9.10. The number of nitrogen functional groups attached to an aromatic ring is 1. The first-order valence-corrected chi connectivity index (χ1v) is 8.08. The third kappa shape index (κ3) is 2.65. The summed E-state index contributed by atoms with van der Waals surface area (Å²) in [5, 5.41) is 2.11. The summed E-state index contributed by atoms with van der Waals surface area (Å²) in [6.07, 6.45) is 1.35. The van der Waals surface area contributed by atoms with Crippen LogP contribution in [0.5, 0.6) is 0 Å². The van der Waals surface area contributed by atoms with Gasteiger partial charge in [-0.15, -0.1) is 0 Å². The molecule has 0 aliphatic carbocycles. The number of nitrogens with zero attached hydrogens (tertiary/aromatic N) is 2. The van der Waals surface area contributed by atoms with E-state index in [-0.39, 0.29) is 10.7 Å². The molecule has 1 fully saturated rings. The van der Waals surface area contributed by atoms with Gasteiger partial charge in [-0.25, -0.2) is 13.4 Å². The van der Waals surface area contributed by atoms with Gasteiger partial charge in [-0.1, -0.05) is 0 Å². The number of anilines is 1. The number of nitrogens with one attached hydrogen (secondary N) is 1. The van der Waals surface area contributed by atoms with Crippen molar-refractivity contribution in [1.82, 2.24) is 14.6 Å². The van der Waals surface area contributed by atoms with E-state index in [1.807, 2.05) is 0 Å². The molecule has 0 radical (unpaired) electrons. The number of halogens is 1. The second kappa shape index (κ2) is 5.04. The smallest absolute Gasteiger partial charge is 0.248 e. The summed E-state index contributed by atoms with van der Waals surface area (Å²) in [6, 6.07) is 1.28. The molecule has 2 rings (SSSR count). The molecule has 8 nitrogen and oxygen atoms in total. The van der Waals surface area contributed by atoms with E-state index in [1.54, 1.807) is 0 Å². The molecule has 1 aliphatic rings. The first-order chi connectivity index (χ1) is 9.56. The number of carbonyl (C=O) groups excluding carboxylic acids is 2. The molecule has 0 spiro atoms. The molecule has 0 atom stereocenters. The Bertz CT molecular complexity index is 732. The number of hydrogen-bond donors (Lipinski definition) is 2. The molecule has 0 bridgehead atoms. The molecule has 114 valence electrons. The summed E-state index contributed by atoms with van der Waals surface area (Å²) in [4.78, 5) is 26.9. The first kappa shape index (κ1) is 15.9. The monoisotopic (exact) mass is 376 g/mol. The van der Waals surface area contributed by atoms with Crippen LogP contribution in [0.1, 0.15) is 13.8 Å². The van der Waals surface area contributed by atoms with Gasteiger partial charge in [-0.2, -0.15) is 4.31 Å². The zero-order valence-electron chi connectivity index (χ0n) is 11.3. The number of hydrogen-bond acceptors (Lipinski definition) is 6. The van der Waals surface area contributed by atoms with Gasteiger partial charge in [0.15, 0.2) is 0 Å². The predicted molar refractivity (Wildman–Crippen MR) is 77.5 cm³/mol. The van der Waals surface area contributed by atoms with Crippen molar-refractivity contribution in [2.24, 2.45) is 0 Å². The molecule has 1 aromatic rings. The maximum Gasteiger partial charge on any atom is 0.248 e. The zero-order valence-corrected chi connectivity index (χ0v) is 13.7. The lowest BCUT2D eigenvalue weighted by Crippen LogP contribution is -2.65. The normalized spacial score (nSPS) is 19.4. The van der Waals surface area contributed by atoms with Crippen molar-refractivity contribution >= 4 is 43.6 Å². The Labute approximate surface area is 129 Å². The average molecular weight is 377 g/mol. The van der Waals surface area contributed by atoms with Gasteiger partial charge < -0.3 is 5.73 Å². The van der Waals surface area contributed by atoms with Crippen LogP contribution in [-0.2, 0) is 19.6 Å². The number of pyridine rings is 1. The number of nitrogens with two attached hydrogens (primary N) is 1. The minimum absolute atomic E-state index is 0.201. The highest BCUT2D eigenvalue weighted by Crippen LogP contribution is 2.30. The van der Waals surface area contributed by atoms with Crippen molar-refractivity contribution in [3.63, 3.8) is 0 Å². The summed E-state index contributed by atoms with van der Waals surface area (Å²) in [5.41, 5.74) is 4.20. The summed E-state index contributed by atoms with van der Waals surface area (Å²) in [6.45, 7) is 2.36. The summed E-state index contributed by atoms with van der Waals surface area (Å²) >= 11 is 3.12. The first-order valence-electron chi connectivity index (χ1n) is 5.85. The van der Waals surface area contributed by atoms with E-state index in [2.05, 4.69) is 26.2 Å². The Kier molecular flexibility index (Phi) is 3.80. The molecule has 2 heterocycles. The number of rotatable bonds is 2. The highest BCUT2D eigenvalue weighted by atomic mass is 79.9. The van der Waals surface area contributed by atoms with E-state index >= 15 is 0 Å². The van der Waals surface area contributed by atoms with Gasteiger partial charge in [-0.3, -0.25) is 14.9 Å². The molecule has 1 saturated heterocycles. The third-order valence-electron chi connectivity index (χ3n) is 3.14. The zero-order chi connectivity index (χ0) is 16.0. The molecule has 3 N–H and O–H groups in total. The number of sulfonamides is 1. The van der Waals surface area contributed by atoms with E-state index in [1.165, 1.54) is 26.1 Å². The van der Waals surface area contributed by atoms with Crippen molar-refractivity contribution in [3.05, 3.63) is 16.7 Å². The van der Waals surface area contributed by atoms with E-state index < -0.39 is 33.9 Å². The number of carbonyl (C=O) groups is 2. The number of piperazine rings is 1. The number of aromatic nitrogens is 1. The van der Waals surface area contributed by atoms with Crippen molar-refractivity contribution in [2.45, 2.75) is 24.3 Å². The van der Waals surface area contributed by atoms with Crippen molar-refractivity contribution in [1.29, 1.82) is 0 Å². The van der Waals surface area contributed by atoms with Gasteiger partial charge in [0, 0.05) is 10.7 Å². The fraction of sp³-hybridized carbons (Fsp3) is 0.364. The molecule has 10 heteroatoms. The summed E-state index contributed by atoms with van der Waals surface area (Å²) < 4.78 is 26.7. The maximum absolute atomic E-state index is 12.7. The molecule has 1 aliphatic heterocycles. The van der Waals surface area contributed by atoms with Gasteiger partial charge in [0.1, 0.15) is 16.3 Å². The van der Waals surface area contributed by atoms with Gasteiger partial charge in [0.05, 0.1) is 6.54 Å². The lowest BCUT2D eigenvalue weighted by Gasteiger charge is -2.38. The molecule has 21 heavy (non-hydrogen) atoms. The van der Waals surface area contributed by atoms with Gasteiger partial charge in [-0.05, 0) is 35.8 Å². The van der Waals surface area contributed by atoms with Crippen LogP contribution in [0, 0.1) is 0 Å². The molecule has 0 unspecified atom stereocenters. The predicted octanol–water partition coefficient (Wildman–Crippen LogP) is -0.148. The van der Waals surface area contributed by atoms with Crippen LogP contribution in [0.15, 0.2) is 21.6 Å². The van der Waals surface area contributed by atoms with Crippen LogP contribution < -0.4 is 11.1 Å². The van der Waals surface area contributed by atoms with E-state index in [9.17, 15) is 18.0 Å². The minimum atomic E-state index is -4.15. The van der Waals surface area contributed by atoms with Gasteiger partial charge in [0.25, 0.3) is 0 Å². The Hall–Kier alpha value is -1.52. The van der Waals surface area contributed by atoms with Crippen molar-refractivity contribution in [2.75, 3.05) is 12.3 Å². The van der Waals surface area contributed by atoms with E-state index in [4.69, 9.17) is 5.73 Å². The van der Waals surface area contributed by atoms with Crippen LogP contribution in [0.25, 0.3) is 0 Å². The van der Waals surface area contributed by atoms with Crippen LogP contribution in [-0.4, -0.2) is 41.6 Å². The second-order valence-corrected chi connectivity index (χ2v) is 7.73. The fourth-order valence-electron chi connectivity index (χ4n) is 1.90. The lowest BCUT2D eigenvalue weighted by atomic mass is 10.0. The molecular weight excluding hydrogens is 364 g/mol. The topological polar surface area (TPSA) is 122 Å². The lowest BCUT2D eigenvalue weighted by molar-refractivity contribution is -0.141. The minimum Gasteiger partial charge on any atom is -0.383 e. The molecule has 2 amide bonds. The van der Waals surface area contributed by atoms with Gasteiger partial charge in [0.2, 0.25) is 21.8 Å². The van der Waals surface area contributed by atoms with E-state index in [0.29, 0.717) is 4.47 Å². The average Bonchev–Trinajstić information content (AvgIpc) is 2.36. The molecular formula is C11H13BrN4O4S. The quantitative estimate of drug-likeness (QED) is 0.692. The van der Waals surface area contributed by atoms with E-state index in [0.717, 1.165) is 4.31 Å². The maximum atomic E-state index is 12.7. The van der Waals surface area contributed by atoms with Crippen LogP contribution in [0.3, 0.4) is 0 Å². The Balaban J connectivity index is 2.59. The third-order valence-corrected chi connectivity index (χ3v) is 5.62. The van der Waals surface area contributed by atoms with Crippen LogP contribution >= 0.6 is 15.9 Å². The Morgan fingerprint density at radius 2 is 2.05 bits per heavy atom. The summed E-state index contributed by atoms with van der Waals surface area (Å²) in [5.74, 6) is -1.58. The Morgan fingerprint density at radius 1 is 1.43 bits per heavy atom.